The minimum atomic E-state index is -1.02. The lowest BCUT2D eigenvalue weighted by molar-refractivity contribution is -0.151. The van der Waals surface area contributed by atoms with Gasteiger partial charge < -0.3 is 15.2 Å². The molecule has 2 atom stereocenters. The number of nitrogens with one attached hydrogen (secondary N) is 1. The Bertz CT molecular complexity index is 625. The highest BCUT2D eigenvalue weighted by Crippen LogP contribution is 2.39. The third-order valence-electron chi connectivity index (χ3n) is 5.46. The summed E-state index contributed by atoms with van der Waals surface area (Å²) in [5.74, 6) is -1.54. The van der Waals surface area contributed by atoms with E-state index in [1.807, 2.05) is 0 Å². The van der Waals surface area contributed by atoms with E-state index in [-0.39, 0.29) is 17.1 Å². The van der Waals surface area contributed by atoms with Crippen LogP contribution in [-0.2, 0) is 19.7 Å². The summed E-state index contributed by atoms with van der Waals surface area (Å²) in [6.45, 7) is 0.467. The molecule has 0 bridgehead atoms. The minimum Gasteiger partial charge on any atom is -0.479 e. The third-order valence-corrected chi connectivity index (χ3v) is 5.46. The normalized spacial score (nSPS) is 25.5. The molecule has 1 amide bonds. The number of amides is 1. The van der Waals surface area contributed by atoms with E-state index in [4.69, 9.17) is 9.84 Å². The van der Waals surface area contributed by atoms with Gasteiger partial charge >= 0.3 is 5.97 Å². The fraction of sp³-hybridized carbons (Fsp3) is 0.579. The van der Waals surface area contributed by atoms with E-state index >= 15 is 0 Å². The molecule has 2 aliphatic rings. The summed E-state index contributed by atoms with van der Waals surface area (Å²) >= 11 is 0. The molecule has 1 aromatic carbocycles. The zero-order valence-corrected chi connectivity index (χ0v) is 14.2. The van der Waals surface area contributed by atoms with E-state index in [9.17, 15) is 14.0 Å². The summed E-state index contributed by atoms with van der Waals surface area (Å²) in [6.07, 6.45) is 4.41. The molecule has 1 heterocycles. The zero-order chi connectivity index (χ0) is 17.9. The number of carboxylic acids is 1. The number of carbonyl (C=O) groups is 2. The van der Waals surface area contributed by atoms with E-state index < -0.39 is 18.2 Å². The number of benzene rings is 1. The first-order valence-corrected chi connectivity index (χ1v) is 8.92. The molecule has 0 radical (unpaired) electrons. The van der Waals surface area contributed by atoms with Crippen molar-refractivity contribution in [3.8, 4) is 0 Å². The first-order valence-electron chi connectivity index (χ1n) is 8.92. The number of hydrogen-bond donors (Lipinski definition) is 2. The van der Waals surface area contributed by atoms with Gasteiger partial charge in [0, 0.05) is 12.0 Å². The molecule has 136 valence electrons. The van der Waals surface area contributed by atoms with Crippen molar-refractivity contribution in [2.24, 2.45) is 0 Å². The molecule has 0 unspecified atom stereocenters. The molecule has 1 aromatic rings. The van der Waals surface area contributed by atoms with Gasteiger partial charge in [0.05, 0.1) is 0 Å². The van der Waals surface area contributed by atoms with Crippen LogP contribution in [-0.4, -0.2) is 35.7 Å². The predicted molar refractivity (Wildman–Crippen MR) is 89.7 cm³/mol. The second-order valence-corrected chi connectivity index (χ2v) is 7.09. The minimum absolute atomic E-state index is 0.188. The monoisotopic (exact) mass is 349 g/mol. The molecular weight excluding hydrogens is 325 g/mol. The molecule has 25 heavy (non-hydrogen) atoms. The van der Waals surface area contributed by atoms with Crippen LogP contribution in [0.2, 0.25) is 0 Å². The quantitative estimate of drug-likeness (QED) is 0.857. The molecule has 1 aliphatic heterocycles. The lowest BCUT2D eigenvalue weighted by Gasteiger charge is -2.38. The molecule has 3 rings (SSSR count). The summed E-state index contributed by atoms with van der Waals surface area (Å²) in [6, 6.07) is 6.54. The van der Waals surface area contributed by atoms with E-state index in [0.29, 0.717) is 19.4 Å². The van der Waals surface area contributed by atoms with E-state index in [1.54, 1.807) is 12.1 Å². The first-order chi connectivity index (χ1) is 12.0. The molecule has 6 heteroatoms. The van der Waals surface area contributed by atoms with Crippen LogP contribution in [0.4, 0.5) is 4.39 Å². The van der Waals surface area contributed by atoms with Crippen LogP contribution in [0.5, 0.6) is 0 Å². The summed E-state index contributed by atoms with van der Waals surface area (Å²) in [5, 5.41) is 11.9. The summed E-state index contributed by atoms with van der Waals surface area (Å²) < 4.78 is 18.6. The average molecular weight is 349 g/mol. The summed E-state index contributed by atoms with van der Waals surface area (Å²) in [7, 11) is 0. The highest BCUT2D eigenvalue weighted by molar-refractivity contribution is 5.82. The Hall–Kier alpha value is -1.95. The Labute approximate surface area is 146 Å². The molecule has 1 saturated heterocycles. The van der Waals surface area contributed by atoms with Crippen molar-refractivity contribution < 1.29 is 23.8 Å². The average Bonchev–Trinajstić information content (AvgIpc) is 3.12. The number of halogens is 1. The lowest BCUT2D eigenvalue weighted by Crippen LogP contribution is -2.45. The van der Waals surface area contributed by atoms with Gasteiger partial charge in [0.2, 0.25) is 5.91 Å². The molecule has 2 N–H and O–H groups in total. The van der Waals surface area contributed by atoms with Crippen LogP contribution in [0.1, 0.15) is 50.5 Å². The molecule has 2 fully saturated rings. The van der Waals surface area contributed by atoms with Gasteiger partial charge in [0.1, 0.15) is 11.9 Å². The largest absolute Gasteiger partial charge is 0.479 e. The van der Waals surface area contributed by atoms with Gasteiger partial charge in [0.25, 0.3) is 0 Å². The Balaban J connectivity index is 1.66. The van der Waals surface area contributed by atoms with E-state index in [2.05, 4.69) is 5.32 Å². The maximum atomic E-state index is 13.3. The fourth-order valence-corrected chi connectivity index (χ4v) is 3.98. The van der Waals surface area contributed by atoms with Gasteiger partial charge in [-0.25, -0.2) is 9.18 Å². The molecule has 1 aliphatic carbocycles. The van der Waals surface area contributed by atoms with Gasteiger partial charge in [0.15, 0.2) is 6.10 Å². The number of carbonyl (C=O) groups excluding carboxylic acids is 1. The summed E-state index contributed by atoms with van der Waals surface area (Å²) in [5.41, 5.74) is 0.858. The standard InChI is InChI=1S/C19H24FNO4/c20-14-6-4-13(5-7-14)19(10-2-1-3-11-19)12-21-17(22)15-8-9-16(25-15)18(23)24/h4-7,15-16H,1-3,8-12H2,(H,21,22)(H,23,24)/t15-,16+/m0/s1. The highest BCUT2D eigenvalue weighted by Gasteiger charge is 2.38. The fourth-order valence-electron chi connectivity index (χ4n) is 3.98. The van der Waals surface area contributed by atoms with Crippen LogP contribution in [0.25, 0.3) is 0 Å². The van der Waals surface area contributed by atoms with Gasteiger partial charge in [-0.1, -0.05) is 31.4 Å². The van der Waals surface area contributed by atoms with Crippen molar-refractivity contribution in [2.75, 3.05) is 6.54 Å². The highest BCUT2D eigenvalue weighted by atomic mass is 19.1. The maximum absolute atomic E-state index is 13.3. The SMILES string of the molecule is O=C(NCC1(c2ccc(F)cc2)CCCCC1)[C@@H]1CC[C@H](C(=O)O)O1. The Morgan fingerprint density at radius 3 is 2.36 bits per heavy atom. The Morgan fingerprint density at radius 2 is 1.76 bits per heavy atom. The van der Waals surface area contributed by atoms with Crippen molar-refractivity contribution in [2.45, 2.75) is 62.6 Å². The predicted octanol–water partition coefficient (Wildman–Crippen LogP) is 2.78. The van der Waals surface area contributed by atoms with E-state index in [0.717, 1.165) is 31.2 Å². The summed E-state index contributed by atoms with van der Waals surface area (Å²) in [4.78, 5) is 23.3. The Morgan fingerprint density at radius 1 is 1.12 bits per heavy atom. The van der Waals surface area contributed by atoms with Crippen molar-refractivity contribution in [3.63, 3.8) is 0 Å². The number of hydrogen-bond acceptors (Lipinski definition) is 3. The van der Waals surface area contributed by atoms with Crippen LogP contribution < -0.4 is 5.32 Å². The molecular formula is C19H24FNO4. The molecule has 0 aromatic heterocycles. The maximum Gasteiger partial charge on any atom is 0.332 e. The molecule has 0 spiro atoms. The number of rotatable bonds is 5. The zero-order valence-electron chi connectivity index (χ0n) is 14.2. The van der Waals surface area contributed by atoms with Crippen molar-refractivity contribution in [3.05, 3.63) is 35.6 Å². The van der Waals surface area contributed by atoms with Gasteiger partial charge in [-0.15, -0.1) is 0 Å². The van der Waals surface area contributed by atoms with Crippen LogP contribution in [0, 0.1) is 5.82 Å². The van der Waals surface area contributed by atoms with Gasteiger partial charge in [-0.3, -0.25) is 4.79 Å². The molecule has 5 nitrogen and oxygen atoms in total. The number of carboxylic acid groups (broad SMARTS) is 1. The first kappa shape index (κ1) is 17.9. The van der Waals surface area contributed by atoms with Crippen molar-refractivity contribution >= 4 is 11.9 Å². The topological polar surface area (TPSA) is 75.6 Å². The second kappa shape index (κ2) is 7.52. The molecule has 1 saturated carbocycles. The number of ether oxygens (including phenoxy) is 1. The van der Waals surface area contributed by atoms with Crippen LogP contribution in [0.15, 0.2) is 24.3 Å². The van der Waals surface area contributed by atoms with Crippen molar-refractivity contribution in [1.29, 1.82) is 0 Å². The number of aliphatic carboxylic acids is 1. The van der Waals surface area contributed by atoms with Crippen molar-refractivity contribution in [1.82, 2.24) is 5.32 Å². The second-order valence-electron chi connectivity index (χ2n) is 7.09. The van der Waals surface area contributed by atoms with Gasteiger partial charge in [-0.05, 0) is 43.4 Å². The lowest BCUT2D eigenvalue weighted by atomic mass is 9.69. The van der Waals surface area contributed by atoms with Crippen LogP contribution >= 0.6 is 0 Å². The van der Waals surface area contributed by atoms with Crippen LogP contribution in [0.3, 0.4) is 0 Å². The van der Waals surface area contributed by atoms with E-state index in [1.165, 1.54) is 18.6 Å². The smallest absolute Gasteiger partial charge is 0.332 e. The third kappa shape index (κ3) is 4.00. The Kier molecular flexibility index (Phi) is 5.37. The van der Waals surface area contributed by atoms with Gasteiger partial charge in [-0.2, -0.15) is 0 Å².